The number of nitrogens with two attached hydrogens (primary N) is 1. The molecule has 1 aromatic heterocycles. The van der Waals surface area contributed by atoms with E-state index in [0.29, 0.717) is 18.8 Å². The van der Waals surface area contributed by atoms with E-state index in [2.05, 4.69) is 15.6 Å². The number of halogens is 1. The summed E-state index contributed by atoms with van der Waals surface area (Å²) in [5, 5.41) is 8.21. The van der Waals surface area contributed by atoms with Gasteiger partial charge in [0.25, 0.3) is 5.91 Å². The number of hydrogen-bond donors (Lipinski definition) is 3. The number of nitrogens with zero attached hydrogens (tertiary/aromatic N) is 1. The van der Waals surface area contributed by atoms with E-state index in [0.717, 1.165) is 35.5 Å². The van der Waals surface area contributed by atoms with Crippen LogP contribution >= 0.6 is 23.7 Å². The van der Waals surface area contributed by atoms with E-state index in [1.807, 2.05) is 24.3 Å². The van der Waals surface area contributed by atoms with E-state index in [1.165, 1.54) is 11.3 Å². The van der Waals surface area contributed by atoms with Gasteiger partial charge < -0.3 is 16.4 Å². The highest BCUT2D eigenvalue weighted by Crippen LogP contribution is 2.27. The summed E-state index contributed by atoms with van der Waals surface area (Å²) >= 11 is 1.37. The molecule has 0 radical (unpaired) electrons. The van der Waals surface area contributed by atoms with E-state index in [1.54, 1.807) is 5.38 Å². The number of thiazole rings is 1. The highest BCUT2D eigenvalue weighted by atomic mass is 35.5. The van der Waals surface area contributed by atoms with Crippen molar-refractivity contribution in [2.45, 2.75) is 32.4 Å². The maximum absolute atomic E-state index is 12.1. The second-order valence-electron chi connectivity index (χ2n) is 5.83. The Morgan fingerprint density at radius 3 is 2.76 bits per heavy atom. The highest BCUT2D eigenvalue weighted by molar-refractivity contribution is 7.09. The van der Waals surface area contributed by atoms with Crippen molar-refractivity contribution in [3.63, 3.8) is 0 Å². The summed E-state index contributed by atoms with van der Waals surface area (Å²) in [5.74, 6) is 0.00356. The number of rotatable bonds is 6. The first kappa shape index (κ1) is 19.4. The molecule has 1 aromatic carbocycles. The second-order valence-corrected chi connectivity index (χ2v) is 6.77. The molecule has 134 valence electrons. The lowest BCUT2D eigenvalue weighted by Gasteiger charge is -2.24. The van der Waals surface area contributed by atoms with Crippen LogP contribution in [-0.2, 0) is 17.9 Å². The molecule has 25 heavy (non-hydrogen) atoms. The number of hydrogen-bond acceptors (Lipinski definition) is 5. The van der Waals surface area contributed by atoms with Crippen LogP contribution in [0.3, 0.4) is 0 Å². The number of carbonyl (C=O) groups excluding carboxylic acids is 2. The van der Waals surface area contributed by atoms with E-state index in [-0.39, 0.29) is 30.1 Å². The minimum Gasteiger partial charge on any atom is -0.347 e. The second kappa shape index (κ2) is 8.94. The number of aromatic nitrogens is 1. The first-order valence-corrected chi connectivity index (χ1v) is 8.86. The van der Waals surface area contributed by atoms with Gasteiger partial charge in [-0.2, -0.15) is 0 Å². The van der Waals surface area contributed by atoms with Crippen LogP contribution in [0.1, 0.15) is 40.3 Å². The zero-order chi connectivity index (χ0) is 16.9. The fraction of sp³-hybridized carbons (Fsp3) is 0.353. The molecule has 1 heterocycles. The van der Waals surface area contributed by atoms with Gasteiger partial charge in [-0.05, 0) is 30.5 Å². The molecule has 0 spiro atoms. The van der Waals surface area contributed by atoms with Crippen LogP contribution in [0.2, 0.25) is 0 Å². The molecule has 0 bridgehead atoms. The van der Waals surface area contributed by atoms with Gasteiger partial charge in [0.05, 0.1) is 0 Å². The molecular weight excluding hydrogens is 360 g/mol. The Bertz CT molecular complexity index is 746. The number of benzene rings is 1. The third-order valence-electron chi connectivity index (χ3n) is 4.08. The minimum atomic E-state index is -0.227. The Kier molecular flexibility index (Phi) is 6.92. The number of carbonyl (C=O) groups is 2. The summed E-state index contributed by atoms with van der Waals surface area (Å²) < 4.78 is 0. The molecule has 8 heteroatoms. The Morgan fingerprint density at radius 2 is 2.12 bits per heavy atom. The Balaban J connectivity index is 0.00000225. The van der Waals surface area contributed by atoms with Crippen molar-refractivity contribution in [2.75, 3.05) is 5.32 Å². The largest absolute Gasteiger partial charge is 0.347 e. The summed E-state index contributed by atoms with van der Waals surface area (Å²) in [6.07, 6.45) is 3.08. The zero-order valence-corrected chi connectivity index (χ0v) is 15.3. The monoisotopic (exact) mass is 380 g/mol. The van der Waals surface area contributed by atoms with Crippen LogP contribution in [0.4, 0.5) is 5.69 Å². The lowest BCUT2D eigenvalue weighted by Crippen LogP contribution is -2.28. The van der Waals surface area contributed by atoms with Crippen molar-refractivity contribution in [1.82, 2.24) is 10.3 Å². The highest BCUT2D eigenvalue weighted by Gasteiger charge is 2.25. The van der Waals surface area contributed by atoms with E-state index in [9.17, 15) is 9.59 Å². The van der Waals surface area contributed by atoms with Gasteiger partial charge in [0.1, 0.15) is 10.7 Å². The first-order valence-electron chi connectivity index (χ1n) is 7.98. The van der Waals surface area contributed by atoms with Gasteiger partial charge in [-0.3, -0.25) is 9.59 Å². The molecule has 2 aromatic rings. The maximum Gasteiger partial charge on any atom is 0.271 e. The Labute approximate surface area is 156 Å². The summed E-state index contributed by atoms with van der Waals surface area (Å²) in [5.41, 5.74) is 7.57. The van der Waals surface area contributed by atoms with Crippen LogP contribution in [0.25, 0.3) is 0 Å². The fourth-order valence-electron chi connectivity index (χ4n) is 2.46. The minimum absolute atomic E-state index is 0. The molecular formula is C17H21ClN4O2S. The first-order chi connectivity index (χ1) is 11.7. The Hall–Kier alpha value is -1.96. The quantitative estimate of drug-likeness (QED) is 0.717. The van der Waals surface area contributed by atoms with Gasteiger partial charge in [0.2, 0.25) is 5.91 Å². The van der Waals surface area contributed by atoms with Gasteiger partial charge in [0.15, 0.2) is 0 Å². The summed E-state index contributed by atoms with van der Waals surface area (Å²) in [4.78, 5) is 28.2. The molecule has 0 aliphatic heterocycles. The molecule has 0 saturated heterocycles. The number of anilines is 1. The molecule has 1 aliphatic carbocycles. The van der Waals surface area contributed by atoms with Gasteiger partial charge in [0, 0.05) is 30.1 Å². The zero-order valence-electron chi connectivity index (χ0n) is 13.7. The molecule has 0 atom stereocenters. The molecule has 1 aliphatic rings. The maximum atomic E-state index is 12.1. The number of nitrogens with one attached hydrogen (secondary N) is 2. The molecule has 2 amide bonds. The topological polar surface area (TPSA) is 97.1 Å². The van der Waals surface area contributed by atoms with Gasteiger partial charge >= 0.3 is 0 Å². The van der Waals surface area contributed by atoms with E-state index >= 15 is 0 Å². The van der Waals surface area contributed by atoms with Crippen molar-refractivity contribution in [3.8, 4) is 0 Å². The lowest BCUT2D eigenvalue weighted by molar-refractivity contribution is -0.122. The summed E-state index contributed by atoms with van der Waals surface area (Å²) in [6, 6.07) is 7.51. The summed E-state index contributed by atoms with van der Waals surface area (Å²) in [7, 11) is 0. The predicted molar refractivity (Wildman–Crippen MR) is 101 cm³/mol. The third-order valence-corrected chi connectivity index (χ3v) is 4.95. The smallest absolute Gasteiger partial charge is 0.271 e. The lowest BCUT2D eigenvalue weighted by atomic mass is 9.85. The van der Waals surface area contributed by atoms with Crippen LogP contribution in [0.5, 0.6) is 0 Å². The van der Waals surface area contributed by atoms with Crippen molar-refractivity contribution >= 4 is 41.2 Å². The van der Waals surface area contributed by atoms with Crippen LogP contribution in [0, 0.1) is 5.92 Å². The molecule has 4 N–H and O–H groups in total. The third kappa shape index (κ3) is 5.01. The van der Waals surface area contributed by atoms with Gasteiger partial charge in [-0.1, -0.05) is 18.6 Å². The SMILES string of the molecule is Cl.NCc1nc(C(=O)NCc2cccc(NC(=O)C3CCC3)c2)cs1. The Morgan fingerprint density at radius 1 is 1.32 bits per heavy atom. The van der Waals surface area contributed by atoms with Crippen molar-refractivity contribution in [3.05, 3.63) is 45.9 Å². The van der Waals surface area contributed by atoms with Gasteiger partial charge in [-0.15, -0.1) is 23.7 Å². The average molecular weight is 381 g/mol. The van der Waals surface area contributed by atoms with Crippen molar-refractivity contribution in [1.29, 1.82) is 0 Å². The van der Waals surface area contributed by atoms with Crippen LogP contribution < -0.4 is 16.4 Å². The van der Waals surface area contributed by atoms with Crippen LogP contribution in [0.15, 0.2) is 29.6 Å². The molecule has 6 nitrogen and oxygen atoms in total. The van der Waals surface area contributed by atoms with Crippen molar-refractivity contribution < 1.29 is 9.59 Å². The molecule has 1 saturated carbocycles. The summed E-state index contributed by atoms with van der Waals surface area (Å²) in [6.45, 7) is 0.710. The van der Waals surface area contributed by atoms with Crippen LogP contribution in [-0.4, -0.2) is 16.8 Å². The van der Waals surface area contributed by atoms with Gasteiger partial charge in [-0.25, -0.2) is 4.98 Å². The van der Waals surface area contributed by atoms with E-state index in [4.69, 9.17) is 5.73 Å². The molecule has 3 rings (SSSR count). The molecule has 1 fully saturated rings. The normalized spacial score (nSPS) is 13.5. The molecule has 0 unspecified atom stereocenters. The predicted octanol–water partition coefficient (Wildman–Crippen LogP) is 2.69. The van der Waals surface area contributed by atoms with E-state index < -0.39 is 0 Å². The average Bonchev–Trinajstić information content (AvgIpc) is 3.00. The van der Waals surface area contributed by atoms with Crippen molar-refractivity contribution in [2.24, 2.45) is 11.7 Å². The fourth-order valence-corrected chi connectivity index (χ4v) is 3.11. The number of amides is 2. The standard InChI is InChI=1S/C17H20N4O2S.ClH/c18-8-15-21-14(10-24-15)17(23)19-9-11-3-1-6-13(7-11)20-16(22)12-4-2-5-12;/h1,3,6-7,10,12H,2,4-5,8-9,18H2,(H,19,23)(H,20,22);1H.